The molecule has 134 valence electrons. The van der Waals surface area contributed by atoms with E-state index >= 15 is 0 Å². The van der Waals surface area contributed by atoms with Gasteiger partial charge in [-0.05, 0) is 49.7 Å². The van der Waals surface area contributed by atoms with Crippen LogP contribution in [0.4, 0.5) is 5.69 Å². The van der Waals surface area contributed by atoms with Crippen LogP contribution in [-0.4, -0.2) is 33.7 Å². The molecule has 1 aliphatic rings. The molecule has 0 bridgehead atoms. The Morgan fingerprint density at radius 3 is 3.08 bits per heavy atom. The summed E-state index contributed by atoms with van der Waals surface area (Å²) in [6.45, 7) is 2.62. The molecule has 1 atom stereocenters. The zero-order chi connectivity index (χ0) is 17.8. The lowest BCUT2D eigenvalue weighted by Crippen LogP contribution is -2.40. The molecular weight excluding hydrogens is 328 g/mol. The Labute approximate surface area is 152 Å². The molecule has 3 heterocycles. The number of carbonyl (C=O) groups is 1. The molecule has 0 saturated carbocycles. The quantitative estimate of drug-likeness (QED) is 0.767. The molecule has 1 saturated heterocycles. The Bertz CT molecular complexity index is 843. The normalized spacial score (nSPS) is 17.9. The topological polar surface area (TPSA) is 63.3 Å². The molecule has 26 heavy (non-hydrogen) atoms. The van der Waals surface area contributed by atoms with Crippen molar-refractivity contribution in [1.29, 1.82) is 0 Å². The molecule has 1 N–H and O–H groups in total. The lowest BCUT2D eigenvalue weighted by Gasteiger charge is -2.31. The Morgan fingerprint density at radius 1 is 1.31 bits per heavy atom. The number of likely N-dealkylation sites (tertiary alicyclic amines) is 1. The van der Waals surface area contributed by atoms with Gasteiger partial charge in [0.05, 0.1) is 24.1 Å². The number of nitrogens with zero attached hydrogens (tertiary/aromatic N) is 3. The van der Waals surface area contributed by atoms with Gasteiger partial charge in [-0.1, -0.05) is 6.07 Å². The third-order valence-electron chi connectivity index (χ3n) is 4.75. The molecule has 2 aromatic heterocycles. The number of amides is 1. The summed E-state index contributed by atoms with van der Waals surface area (Å²) in [6.07, 6.45) is 9.04. The van der Waals surface area contributed by atoms with Gasteiger partial charge in [0.2, 0.25) is 5.91 Å². The van der Waals surface area contributed by atoms with Gasteiger partial charge in [0, 0.05) is 36.7 Å². The number of hydrogen-bond acceptors (Lipinski definition) is 4. The van der Waals surface area contributed by atoms with Crippen molar-refractivity contribution in [1.82, 2.24) is 14.7 Å². The Kier molecular flexibility index (Phi) is 4.84. The molecular formula is C20H22N4O2. The molecule has 1 aliphatic heterocycles. The molecule has 6 heteroatoms. The predicted molar refractivity (Wildman–Crippen MR) is 98.9 cm³/mol. The molecule has 0 radical (unpaired) electrons. The number of nitrogens with one attached hydrogen (secondary N) is 1. The molecule has 1 aromatic carbocycles. The fourth-order valence-electron chi connectivity index (χ4n) is 3.45. The molecule has 1 fully saturated rings. The van der Waals surface area contributed by atoms with Crippen molar-refractivity contribution >= 4 is 11.6 Å². The van der Waals surface area contributed by atoms with Crippen molar-refractivity contribution in [2.45, 2.75) is 19.4 Å². The second-order valence-corrected chi connectivity index (χ2v) is 6.70. The molecule has 0 spiro atoms. The van der Waals surface area contributed by atoms with Gasteiger partial charge in [0.25, 0.3) is 0 Å². The Balaban J connectivity index is 1.39. The van der Waals surface area contributed by atoms with E-state index < -0.39 is 0 Å². The second-order valence-electron chi connectivity index (χ2n) is 6.70. The summed E-state index contributed by atoms with van der Waals surface area (Å²) in [5.74, 6) is 0.0866. The van der Waals surface area contributed by atoms with Crippen molar-refractivity contribution in [3.8, 4) is 5.69 Å². The number of hydrogen-bond donors (Lipinski definition) is 1. The first-order valence-electron chi connectivity index (χ1n) is 8.92. The fraction of sp³-hybridized carbons (Fsp3) is 0.300. The highest BCUT2D eigenvalue weighted by Gasteiger charge is 2.26. The molecule has 0 aliphatic carbocycles. The van der Waals surface area contributed by atoms with Crippen LogP contribution in [0.3, 0.4) is 0 Å². The van der Waals surface area contributed by atoms with E-state index in [2.05, 4.69) is 15.3 Å². The van der Waals surface area contributed by atoms with Crippen molar-refractivity contribution in [2.24, 2.45) is 5.92 Å². The zero-order valence-corrected chi connectivity index (χ0v) is 14.5. The standard InChI is InChI=1S/C20H22N4O2/c25-20(17-4-2-9-23(14-17)13-16-7-11-26-15-16)22-18-5-1-6-19(12-18)24-10-3-8-21-24/h1,3,5-8,10-12,15,17H,2,4,9,13-14H2,(H,22,25). The van der Waals surface area contributed by atoms with E-state index in [9.17, 15) is 4.79 Å². The van der Waals surface area contributed by atoms with Crippen LogP contribution < -0.4 is 5.32 Å². The molecule has 3 aromatic rings. The number of aromatic nitrogens is 2. The SMILES string of the molecule is O=C(Nc1cccc(-n2cccn2)c1)C1CCCN(Cc2ccoc2)C1. The lowest BCUT2D eigenvalue weighted by molar-refractivity contribution is -0.121. The average molecular weight is 350 g/mol. The third-order valence-corrected chi connectivity index (χ3v) is 4.75. The number of rotatable bonds is 5. The summed E-state index contributed by atoms with van der Waals surface area (Å²) in [6, 6.07) is 11.6. The summed E-state index contributed by atoms with van der Waals surface area (Å²) in [4.78, 5) is 15.1. The first kappa shape index (κ1) is 16.6. The van der Waals surface area contributed by atoms with Gasteiger partial charge in [-0.2, -0.15) is 5.10 Å². The van der Waals surface area contributed by atoms with Crippen molar-refractivity contribution in [3.63, 3.8) is 0 Å². The minimum Gasteiger partial charge on any atom is -0.472 e. The van der Waals surface area contributed by atoms with E-state index in [1.807, 2.05) is 42.6 Å². The van der Waals surface area contributed by atoms with Crippen LogP contribution >= 0.6 is 0 Å². The summed E-state index contributed by atoms with van der Waals surface area (Å²) >= 11 is 0. The van der Waals surface area contributed by atoms with E-state index in [1.165, 1.54) is 0 Å². The highest BCUT2D eigenvalue weighted by molar-refractivity contribution is 5.93. The van der Waals surface area contributed by atoms with Gasteiger partial charge in [0.1, 0.15) is 0 Å². The Hall–Kier alpha value is -2.86. The van der Waals surface area contributed by atoms with Crippen LogP contribution in [0, 0.1) is 5.92 Å². The maximum Gasteiger partial charge on any atom is 0.228 e. The maximum absolute atomic E-state index is 12.7. The first-order valence-corrected chi connectivity index (χ1v) is 8.92. The average Bonchev–Trinajstić information content (AvgIpc) is 3.36. The largest absolute Gasteiger partial charge is 0.472 e. The van der Waals surface area contributed by atoms with Crippen LogP contribution in [0.15, 0.2) is 65.7 Å². The Morgan fingerprint density at radius 2 is 2.27 bits per heavy atom. The van der Waals surface area contributed by atoms with Gasteiger partial charge < -0.3 is 9.73 Å². The van der Waals surface area contributed by atoms with Gasteiger partial charge in [-0.25, -0.2) is 4.68 Å². The highest BCUT2D eigenvalue weighted by atomic mass is 16.3. The van der Waals surface area contributed by atoms with Gasteiger partial charge in [-0.15, -0.1) is 0 Å². The summed E-state index contributed by atoms with van der Waals surface area (Å²) in [5, 5.41) is 7.30. The molecule has 6 nitrogen and oxygen atoms in total. The smallest absolute Gasteiger partial charge is 0.228 e. The molecule has 1 unspecified atom stereocenters. The van der Waals surface area contributed by atoms with Crippen LogP contribution in [0.5, 0.6) is 0 Å². The second kappa shape index (κ2) is 7.58. The minimum atomic E-state index is 0.00371. The van der Waals surface area contributed by atoms with E-state index in [1.54, 1.807) is 23.4 Å². The summed E-state index contributed by atoms with van der Waals surface area (Å²) in [7, 11) is 0. The summed E-state index contributed by atoms with van der Waals surface area (Å²) < 4.78 is 6.92. The summed E-state index contributed by atoms with van der Waals surface area (Å²) in [5.41, 5.74) is 2.88. The lowest BCUT2D eigenvalue weighted by atomic mass is 9.96. The van der Waals surface area contributed by atoms with Crippen LogP contribution in [0.25, 0.3) is 5.69 Å². The van der Waals surface area contributed by atoms with Gasteiger partial charge >= 0.3 is 0 Å². The van der Waals surface area contributed by atoms with E-state index in [0.29, 0.717) is 0 Å². The van der Waals surface area contributed by atoms with Crippen molar-refractivity contribution in [3.05, 3.63) is 66.9 Å². The predicted octanol–water partition coefficient (Wildman–Crippen LogP) is 3.32. The number of furan rings is 1. The number of piperidine rings is 1. The first-order chi connectivity index (χ1) is 12.8. The van der Waals surface area contributed by atoms with Gasteiger partial charge in [0.15, 0.2) is 0 Å². The van der Waals surface area contributed by atoms with Crippen molar-refractivity contribution in [2.75, 3.05) is 18.4 Å². The van der Waals surface area contributed by atoms with Crippen molar-refractivity contribution < 1.29 is 9.21 Å². The number of carbonyl (C=O) groups excluding carboxylic acids is 1. The maximum atomic E-state index is 12.7. The van der Waals surface area contributed by atoms with Crippen LogP contribution in [-0.2, 0) is 11.3 Å². The third kappa shape index (κ3) is 3.86. The fourth-order valence-corrected chi connectivity index (χ4v) is 3.45. The number of benzene rings is 1. The van der Waals surface area contributed by atoms with Crippen LogP contribution in [0.2, 0.25) is 0 Å². The zero-order valence-electron chi connectivity index (χ0n) is 14.5. The monoisotopic (exact) mass is 350 g/mol. The minimum absolute atomic E-state index is 0.00371. The van der Waals surface area contributed by atoms with Gasteiger partial charge in [-0.3, -0.25) is 9.69 Å². The molecule has 1 amide bonds. The molecule has 4 rings (SSSR count). The number of anilines is 1. The van der Waals surface area contributed by atoms with E-state index in [0.717, 1.165) is 49.4 Å². The van der Waals surface area contributed by atoms with Crippen LogP contribution in [0.1, 0.15) is 18.4 Å². The van der Waals surface area contributed by atoms with E-state index in [4.69, 9.17) is 4.42 Å². The highest BCUT2D eigenvalue weighted by Crippen LogP contribution is 2.21. The van der Waals surface area contributed by atoms with E-state index in [-0.39, 0.29) is 11.8 Å².